The highest BCUT2D eigenvalue weighted by atomic mass is 32.2. The molecule has 0 unspecified atom stereocenters. The highest BCUT2D eigenvalue weighted by Gasteiger charge is 1.97. The van der Waals surface area contributed by atoms with Crippen LogP contribution >= 0.6 is 11.8 Å². The zero-order valence-corrected chi connectivity index (χ0v) is 9.64. The Labute approximate surface area is 94.8 Å². The summed E-state index contributed by atoms with van der Waals surface area (Å²) in [4.78, 5) is 1.19. The van der Waals surface area contributed by atoms with Gasteiger partial charge in [0.05, 0.1) is 7.11 Å². The zero-order chi connectivity index (χ0) is 11.1. The molecule has 2 N–H and O–H groups in total. The molecular formula is C12H15NOS. The van der Waals surface area contributed by atoms with Crippen LogP contribution in [0.4, 0.5) is 0 Å². The summed E-state index contributed by atoms with van der Waals surface area (Å²) in [6.07, 6.45) is 0. The molecule has 0 amide bonds. The first-order valence-electron chi connectivity index (χ1n) is 4.65. The van der Waals surface area contributed by atoms with Crippen molar-refractivity contribution in [2.75, 3.05) is 19.4 Å². The second kappa shape index (κ2) is 6.36. The molecule has 0 fully saturated rings. The van der Waals surface area contributed by atoms with E-state index in [4.69, 9.17) is 10.5 Å². The van der Waals surface area contributed by atoms with E-state index in [1.807, 2.05) is 24.3 Å². The fraction of sp³-hybridized carbons (Fsp3) is 0.250. The van der Waals surface area contributed by atoms with Gasteiger partial charge in [-0.2, -0.15) is 0 Å². The van der Waals surface area contributed by atoms with Crippen molar-refractivity contribution in [3.8, 4) is 5.75 Å². The molecular weight excluding hydrogens is 206 g/mol. The quantitative estimate of drug-likeness (QED) is 0.613. The normalized spacial score (nSPS) is 9.47. The third-order valence-electron chi connectivity index (χ3n) is 1.97. The Kier molecular flexibility index (Phi) is 5.05. The monoisotopic (exact) mass is 221 g/mol. The van der Waals surface area contributed by atoms with E-state index in [1.165, 1.54) is 4.90 Å². The van der Waals surface area contributed by atoms with Crippen LogP contribution in [-0.2, 0) is 0 Å². The summed E-state index contributed by atoms with van der Waals surface area (Å²) in [6.45, 7) is 4.12. The van der Waals surface area contributed by atoms with Crippen molar-refractivity contribution < 1.29 is 4.74 Å². The second-order valence-electron chi connectivity index (χ2n) is 2.95. The van der Waals surface area contributed by atoms with Crippen molar-refractivity contribution in [1.29, 1.82) is 0 Å². The van der Waals surface area contributed by atoms with E-state index in [1.54, 1.807) is 18.9 Å². The summed E-state index contributed by atoms with van der Waals surface area (Å²) in [5.41, 5.74) is 9.40. The number of nitrogens with two attached hydrogens (primary N) is 1. The van der Waals surface area contributed by atoms with Gasteiger partial charge in [0.2, 0.25) is 0 Å². The minimum atomic E-state index is 0.520. The number of rotatable bonds is 5. The molecule has 0 bridgehead atoms. The predicted octanol–water partition coefficient (Wildman–Crippen LogP) is 2.46. The lowest BCUT2D eigenvalue weighted by Gasteiger charge is -2.03. The van der Waals surface area contributed by atoms with Crippen molar-refractivity contribution in [2.45, 2.75) is 4.90 Å². The molecule has 0 aliphatic carbocycles. The van der Waals surface area contributed by atoms with Crippen LogP contribution in [0.5, 0.6) is 5.75 Å². The summed E-state index contributed by atoms with van der Waals surface area (Å²) in [6, 6.07) is 7.95. The van der Waals surface area contributed by atoms with Gasteiger partial charge in [-0.15, -0.1) is 17.5 Å². The van der Waals surface area contributed by atoms with Crippen molar-refractivity contribution in [1.82, 2.24) is 0 Å². The maximum Gasteiger partial charge on any atom is 0.118 e. The molecule has 15 heavy (non-hydrogen) atoms. The van der Waals surface area contributed by atoms with Gasteiger partial charge in [0.25, 0.3) is 0 Å². The van der Waals surface area contributed by atoms with Crippen molar-refractivity contribution in [3.05, 3.63) is 42.1 Å². The molecule has 0 aliphatic heterocycles. The Morgan fingerprint density at radius 3 is 2.60 bits per heavy atom. The number of benzene rings is 1. The highest BCUT2D eigenvalue weighted by molar-refractivity contribution is 7.99. The van der Waals surface area contributed by atoms with Gasteiger partial charge < -0.3 is 10.5 Å². The minimum absolute atomic E-state index is 0.520. The number of methoxy groups -OCH3 is 1. The molecule has 0 aliphatic rings. The molecule has 1 aromatic carbocycles. The first-order valence-corrected chi connectivity index (χ1v) is 5.63. The summed E-state index contributed by atoms with van der Waals surface area (Å²) >= 11 is 1.72. The molecule has 0 saturated carbocycles. The SMILES string of the molecule is C=C=C(CN)CSc1ccc(OC)cc1. The lowest BCUT2D eigenvalue weighted by Crippen LogP contribution is -2.03. The zero-order valence-electron chi connectivity index (χ0n) is 8.82. The molecule has 0 spiro atoms. The van der Waals surface area contributed by atoms with E-state index in [-0.39, 0.29) is 0 Å². The standard InChI is InChI=1S/C12H15NOS/c1-3-10(8-13)9-15-12-6-4-11(14-2)5-7-12/h4-7H,1,8-9,13H2,2H3. The largest absolute Gasteiger partial charge is 0.497 e. The molecule has 0 radical (unpaired) electrons. The van der Waals surface area contributed by atoms with E-state index in [2.05, 4.69) is 12.3 Å². The van der Waals surface area contributed by atoms with Gasteiger partial charge >= 0.3 is 0 Å². The lowest BCUT2D eigenvalue weighted by atomic mass is 10.3. The summed E-state index contributed by atoms with van der Waals surface area (Å²) in [7, 11) is 1.66. The Hall–Kier alpha value is -1.15. The first-order chi connectivity index (χ1) is 7.30. The van der Waals surface area contributed by atoms with Crippen LogP contribution in [0.15, 0.2) is 47.0 Å². The maximum atomic E-state index is 5.52. The molecule has 1 aromatic rings. The Morgan fingerprint density at radius 2 is 2.13 bits per heavy atom. The molecule has 0 atom stereocenters. The Morgan fingerprint density at radius 1 is 1.47 bits per heavy atom. The van der Waals surface area contributed by atoms with E-state index in [9.17, 15) is 0 Å². The molecule has 2 nitrogen and oxygen atoms in total. The van der Waals surface area contributed by atoms with E-state index in [0.717, 1.165) is 17.1 Å². The molecule has 80 valence electrons. The minimum Gasteiger partial charge on any atom is -0.497 e. The van der Waals surface area contributed by atoms with Gasteiger partial charge in [0, 0.05) is 17.2 Å². The molecule has 1 rings (SSSR count). The van der Waals surface area contributed by atoms with Gasteiger partial charge in [-0.3, -0.25) is 0 Å². The Bertz CT molecular complexity index is 352. The number of hydrogen-bond donors (Lipinski definition) is 1. The summed E-state index contributed by atoms with van der Waals surface area (Å²) in [5.74, 6) is 1.71. The third kappa shape index (κ3) is 3.84. The van der Waals surface area contributed by atoms with E-state index in [0.29, 0.717) is 6.54 Å². The number of ether oxygens (including phenoxy) is 1. The number of hydrogen-bond acceptors (Lipinski definition) is 3. The summed E-state index contributed by atoms with van der Waals surface area (Å²) in [5, 5.41) is 0. The van der Waals surface area contributed by atoms with Gasteiger partial charge in [-0.25, -0.2) is 0 Å². The average Bonchev–Trinajstić information content (AvgIpc) is 2.31. The predicted molar refractivity (Wildman–Crippen MR) is 65.4 cm³/mol. The van der Waals surface area contributed by atoms with Crippen molar-refractivity contribution in [2.24, 2.45) is 5.73 Å². The van der Waals surface area contributed by atoms with Gasteiger partial charge in [0.1, 0.15) is 5.75 Å². The smallest absolute Gasteiger partial charge is 0.118 e. The lowest BCUT2D eigenvalue weighted by molar-refractivity contribution is 0.414. The molecule has 0 saturated heterocycles. The van der Waals surface area contributed by atoms with Gasteiger partial charge in [-0.05, 0) is 29.8 Å². The van der Waals surface area contributed by atoms with Gasteiger partial charge in [-0.1, -0.05) is 6.58 Å². The highest BCUT2D eigenvalue weighted by Crippen LogP contribution is 2.22. The second-order valence-corrected chi connectivity index (χ2v) is 4.00. The Balaban J connectivity index is 2.54. The molecule has 0 heterocycles. The van der Waals surface area contributed by atoms with Crippen molar-refractivity contribution in [3.63, 3.8) is 0 Å². The van der Waals surface area contributed by atoms with E-state index < -0.39 is 0 Å². The molecule has 3 heteroatoms. The van der Waals surface area contributed by atoms with Crippen LogP contribution in [-0.4, -0.2) is 19.4 Å². The molecule has 0 aromatic heterocycles. The first kappa shape index (κ1) is 11.9. The van der Waals surface area contributed by atoms with Crippen LogP contribution in [0.25, 0.3) is 0 Å². The van der Waals surface area contributed by atoms with E-state index >= 15 is 0 Å². The summed E-state index contributed by atoms with van der Waals surface area (Å²) < 4.78 is 5.08. The van der Waals surface area contributed by atoms with Crippen molar-refractivity contribution >= 4 is 11.8 Å². The van der Waals surface area contributed by atoms with Crippen LogP contribution in [0.1, 0.15) is 0 Å². The fourth-order valence-corrected chi connectivity index (χ4v) is 1.91. The average molecular weight is 221 g/mol. The fourth-order valence-electron chi connectivity index (χ4n) is 1.02. The topological polar surface area (TPSA) is 35.2 Å². The van der Waals surface area contributed by atoms with Crippen LogP contribution in [0.2, 0.25) is 0 Å². The van der Waals surface area contributed by atoms with Crippen LogP contribution in [0.3, 0.4) is 0 Å². The maximum absolute atomic E-state index is 5.52. The van der Waals surface area contributed by atoms with Gasteiger partial charge in [0.15, 0.2) is 0 Å². The third-order valence-corrected chi connectivity index (χ3v) is 3.07. The number of thioether (sulfide) groups is 1. The van der Waals surface area contributed by atoms with Crippen LogP contribution in [0, 0.1) is 0 Å². The van der Waals surface area contributed by atoms with Crippen LogP contribution < -0.4 is 10.5 Å².